The number of ether oxygens (including phenoxy) is 1. The van der Waals surface area contributed by atoms with Gasteiger partial charge in [-0.2, -0.15) is 13.2 Å². The van der Waals surface area contributed by atoms with Crippen LogP contribution in [0.15, 0.2) is 122 Å². The molecule has 1 saturated heterocycles. The molecule has 0 aliphatic carbocycles. The number of nitrogens with zero attached hydrogens (tertiary/aromatic N) is 5. The lowest BCUT2D eigenvalue weighted by atomic mass is 9.89. The van der Waals surface area contributed by atoms with Crippen molar-refractivity contribution < 1.29 is 35.9 Å². The second-order valence-electron chi connectivity index (χ2n) is 14.6. The molecule has 1 amide bonds. The van der Waals surface area contributed by atoms with Crippen LogP contribution in [0.4, 0.5) is 37.8 Å². The van der Waals surface area contributed by atoms with E-state index in [-0.39, 0.29) is 29.6 Å². The highest BCUT2D eigenvalue weighted by Crippen LogP contribution is 2.34. The number of piperidine rings is 1. The Balaban J connectivity index is 0.000000213. The van der Waals surface area contributed by atoms with Gasteiger partial charge in [0.05, 0.1) is 21.8 Å². The zero-order valence-corrected chi connectivity index (χ0v) is 34.2. The smallest absolute Gasteiger partial charge is 0.406 e. The van der Waals surface area contributed by atoms with Crippen LogP contribution in [-0.2, 0) is 25.6 Å². The van der Waals surface area contributed by atoms with E-state index in [4.69, 9.17) is 11.6 Å². The summed E-state index contributed by atoms with van der Waals surface area (Å²) in [6.45, 7) is 4.39. The van der Waals surface area contributed by atoms with Gasteiger partial charge in [0.1, 0.15) is 29.2 Å². The second-order valence-corrected chi connectivity index (χ2v) is 15.1. The van der Waals surface area contributed by atoms with Crippen LogP contribution in [0.5, 0.6) is 5.75 Å². The Bertz CT molecular complexity index is 2600. The van der Waals surface area contributed by atoms with E-state index in [9.17, 15) is 31.1 Å². The summed E-state index contributed by atoms with van der Waals surface area (Å²) in [4.78, 5) is 28.2. The molecule has 0 bridgehead atoms. The number of benzene rings is 4. The minimum absolute atomic E-state index is 0.200. The molecule has 16 heteroatoms. The SMILES string of the molecule is CCc1nc2ccc(Cl)cn2c1C(=O)NCc1ccc(N2CCC(c3ccc(OC(F)(F)F)cc3)CC2)cc1.FC(F)(F)c1ccccc1CCNc1ncnc2ccccc12. The van der Waals surface area contributed by atoms with Gasteiger partial charge >= 0.3 is 12.5 Å². The average molecular weight is 874 g/mol. The topological polar surface area (TPSA) is 96.7 Å². The maximum Gasteiger partial charge on any atom is 0.573 e. The zero-order chi connectivity index (χ0) is 43.9. The number of halogens is 7. The monoisotopic (exact) mass is 873 g/mol. The minimum atomic E-state index is -4.68. The molecule has 1 aliphatic heterocycles. The van der Waals surface area contributed by atoms with Crippen LogP contribution in [-0.4, -0.2) is 51.3 Å². The Morgan fingerprint density at radius 2 is 1.56 bits per heavy atom. The first-order valence-electron chi connectivity index (χ1n) is 20.0. The summed E-state index contributed by atoms with van der Waals surface area (Å²) in [5.41, 5.74) is 5.48. The van der Waals surface area contributed by atoms with E-state index in [0.29, 0.717) is 41.7 Å². The molecule has 0 radical (unpaired) electrons. The van der Waals surface area contributed by atoms with Gasteiger partial charge in [0.2, 0.25) is 0 Å². The summed E-state index contributed by atoms with van der Waals surface area (Å²) in [6, 6.07) is 31.0. The Morgan fingerprint density at radius 3 is 2.27 bits per heavy atom. The average Bonchev–Trinajstić information content (AvgIpc) is 3.63. The lowest BCUT2D eigenvalue weighted by Crippen LogP contribution is -2.32. The van der Waals surface area contributed by atoms with E-state index in [0.717, 1.165) is 65.4 Å². The van der Waals surface area contributed by atoms with Gasteiger partial charge in [-0.15, -0.1) is 13.2 Å². The van der Waals surface area contributed by atoms with E-state index >= 15 is 0 Å². The first-order chi connectivity index (χ1) is 29.8. The van der Waals surface area contributed by atoms with Crippen molar-refractivity contribution >= 4 is 45.6 Å². The number of anilines is 2. The van der Waals surface area contributed by atoms with Gasteiger partial charge in [-0.25, -0.2) is 15.0 Å². The second kappa shape index (κ2) is 19.1. The predicted octanol–water partition coefficient (Wildman–Crippen LogP) is 11.1. The van der Waals surface area contributed by atoms with E-state index in [1.807, 2.05) is 43.3 Å². The molecule has 4 aromatic carbocycles. The maximum atomic E-state index is 13.0. The number of imidazole rings is 1. The number of alkyl halides is 6. The normalized spacial score (nSPS) is 13.5. The van der Waals surface area contributed by atoms with Crippen LogP contribution in [0.1, 0.15) is 64.1 Å². The molecule has 4 heterocycles. The van der Waals surface area contributed by atoms with Crippen LogP contribution in [0, 0.1) is 0 Å². The number of fused-ring (bicyclic) bond motifs is 2. The molecular weight excluding hydrogens is 832 g/mol. The van der Waals surface area contributed by atoms with Gasteiger partial charge < -0.3 is 20.3 Å². The molecule has 2 N–H and O–H groups in total. The van der Waals surface area contributed by atoms with Crippen molar-refractivity contribution in [1.29, 1.82) is 0 Å². The van der Waals surface area contributed by atoms with Crippen molar-refractivity contribution in [3.8, 4) is 5.75 Å². The first kappa shape index (κ1) is 43.7. The van der Waals surface area contributed by atoms with Crippen molar-refractivity contribution in [2.45, 2.75) is 57.6 Å². The number of pyridine rings is 1. The first-order valence-corrected chi connectivity index (χ1v) is 20.4. The van der Waals surface area contributed by atoms with Crippen LogP contribution in [0.3, 0.4) is 0 Å². The van der Waals surface area contributed by atoms with Crippen LogP contribution < -0.4 is 20.3 Å². The number of aryl methyl sites for hydroxylation is 1. The highest BCUT2D eigenvalue weighted by atomic mass is 35.5. The van der Waals surface area contributed by atoms with Crippen molar-refractivity contribution in [1.82, 2.24) is 24.7 Å². The third-order valence-electron chi connectivity index (χ3n) is 10.6. The van der Waals surface area contributed by atoms with Crippen LogP contribution >= 0.6 is 11.6 Å². The van der Waals surface area contributed by atoms with E-state index in [1.165, 1.54) is 30.6 Å². The Labute approximate surface area is 358 Å². The molecule has 62 heavy (non-hydrogen) atoms. The molecule has 1 fully saturated rings. The number of hydrogen-bond donors (Lipinski definition) is 2. The molecule has 7 aromatic rings. The largest absolute Gasteiger partial charge is 0.573 e. The molecule has 0 saturated carbocycles. The molecule has 8 rings (SSSR count). The number of para-hydroxylation sites is 1. The number of rotatable bonds is 11. The van der Waals surface area contributed by atoms with Crippen molar-refractivity contribution in [3.63, 3.8) is 0 Å². The maximum absolute atomic E-state index is 13.0. The highest BCUT2D eigenvalue weighted by Gasteiger charge is 2.33. The van der Waals surface area contributed by atoms with Gasteiger partial charge in [-0.3, -0.25) is 9.20 Å². The van der Waals surface area contributed by atoms with E-state index < -0.39 is 18.1 Å². The lowest BCUT2D eigenvalue weighted by Gasteiger charge is -2.34. The third kappa shape index (κ3) is 10.9. The molecule has 9 nitrogen and oxygen atoms in total. The van der Waals surface area contributed by atoms with E-state index in [2.05, 4.69) is 47.4 Å². The van der Waals surface area contributed by atoms with Crippen LogP contribution in [0.25, 0.3) is 16.6 Å². The van der Waals surface area contributed by atoms with Crippen molar-refractivity contribution in [2.24, 2.45) is 0 Å². The van der Waals surface area contributed by atoms with E-state index in [1.54, 1.807) is 40.9 Å². The summed E-state index contributed by atoms with van der Waals surface area (Å²) in [7, 11) is 0. The van der Waals surface area contributed by atoms with Gasteiger partial charge in [0.15, 0.2) is 0 Å². The fourth-order valence-electron chi connectivity index (χ4n) is 7.53. The quantitative estimate of drug-likeness (QED) is 0.125. The molecule has 322 valence electrons. The predicted molar refractivity (Wildman–Crippen MR) is 228 cm³/mol. The number of amides is 1. The van der Waals surface area contributed by atoms with Crippen molar-refractivity contribution in [3.05, 3.63) is 160 Å². The molecular formula is C46H42ClF6N7O2. The van der Waals surface area contributed by atoms with Gasteiger partial charge in [-0.1, -0.05) is 73.1 Å². The summed E-state index contributed by atoms with van der Waals surface area (Å²) < 4.78 is 81.8. The molecule has 0 spiro atoms. The molecule has 3 aromatic heterocycles. The summed E-state index contributed by atoms with van der Waals surface area (Å²) in [5.74, 6) is 0.512. The number of aromatic nitrogens is 4. The number of nitrogens with one attached hydrogen (secondary N) is 2. The summed E-state index contributed by atoms with van der Waals surface area (Å²) >= 11 is 6.14. The fraction of sp³-hybridized carbons (Fsp3) is 0.261. The lowest BCUT2D eigenvalue weighted by molar-refractivity contribution is -0.274. The van der Waals surface area contributed by atoms with Crippen LogP contribution in [0.2, 0.25) is 5.02 Å². The summed E-state index contributed by atoms with van der Waals surface area (Å²) in [6.07, 6.45) is -3.18. The van der Waals surface area contributed by atoms with Crippen molar-refractivity contribution in [2.75, 3.05) is 29.9 Å². The molecule has 1 aliphatic rings. The van der Waals surface area contributed by atoms with Gasteiger partial charge in [0.25, 0.3) is 5.91 Å². The molecule has 0 unspecified atom stereocenters. The number of carbonyl (C=O) groups excluding carboxylic acids is 1. The highest BCUT2D eigenvalue weighted by molar-refractivity contribution is 6.30. The summed E-state index contributed by atoms with van der Waals surface area (Å²) in [5, 5.41) is 7.47. The minimum Gasteiger partial charge on any atom is -0.406 e. The standard InChI is InChI=1S/C29H28ClF3N4O2.C17H14F3N3/c1-2-25-27(37-18-22(30)7-12-26(37)35-25)28(38)34-17-19-3-8-23(9-4-19)36-15-13-21(14-16-36)20-5-10-24(11-6-20)39-29(31,32)33;18-17(19,20)14-7-3-1-5-12(14)9-10-21-16-13-6-2-4-8-15(13)22-11-23-16/h3-12,18,21H,2,13-17H2,1H3,(H,34,38);1-8,11H,9-10H2,(H,21,22,23). The number of carbonyl (C=O) groups is 1. The molecule has 0 atom stereocenters. The Hall–Kier alpha value is -6.35. The Kier molecular flexibility index (Phi) is 13.5. The Morgan fingerprint density at radius 1 is 0.855 bits per heavy atom. The van der Waals surface area contributed by atoms with Gasteiger partial charge in [0, 0.05) is 43.4 Å². The van der Waals surface area contributed by atoms with Gasteiger partial charge in [-0.05, 0) is 103 Å². The third-order valence-corrected chi connectivity index (χ3v) is 10.8. The number of hydrogen-bond acceptors (Lipinski definition) is 7. The fourth-order valence-corrected chi connectivity index (χ4v) is 7.69. The zero-order valence-electron chi connectivity index (χ0n) is 33.5.